The van der Waals surface area contributed by atoms with Crippen LogP contribution >= 0.6 is 15.9 Å². The van der Waals surface area contributed by atoms with Gasteiger partial charge in [0.1, 0.15) is 0 Å². The minimum Gasteiger partial charge on any atom is -0.283 e. The van der Waals surface area contributed by atoms with Crippen molar-refractivity contribution in [3.8, 4) is 0 Å². The minimum absolute atomic E-state index is 0.0140. The van der Waals surface area contributed by atoms with Crippen molar-refractivity contribution < 1.29 is 9.59 Å². The Balaban J connectivity index is 2.26. The minimum atomic E-state index is 0.0140. The zero-order valence-corrected chi connectivity index (χ0v) is 9.88. The number of nitrogens with zero attached hydrogens (tertiary/aromatic N) is 1. The summed E-state index contributed by atoms with van der Waals surface area (Å²) in [5.41, 5.74) is 0. The summed E-state index contributed by atoms with van der Waals surface area (Å²) in [6.07, 6.45) is 4.94. The molecule has 1 aliphatic heterocycles. The molecule has 0 radical (unpaired) electrons. The Morgan fingerprint density at radius 1 is 1.07 bits per heavy atom. The third-order valence-corrected chi connectivity index (χ3v) is 2.96. The predicted molar refractivity (Wildman–Crippen MR) is 58.2 cm³/mol. The van der Waals surface area contributed by atoms with Gasteiger partial charge in [0.05, 0.1) is 0 Å². The molecule has 4 heteroatoms. The van der Waals surface area contributed by atoms with Gasteiger partial charge in [-0.15, -0.1) is 0 Å². The van der Waals surface area contributed by atoms with Gasteiger partial charge in [-0.25, -0.2) is 0 Å². The SMILES string of the molecule is O=C1CCCC(=O)N1CCCCCBr. The Labute approximate surface area is 93.0 Å². The molecule has 80 valence electrons. The third kappa shape index (κ3) is 3.40. The van der Waals surface area contributed by atoms with Crippen molar-refractivity contribution in [2.24, 2.45) is 0 Å². The summed E-state index contributed by atoms with van der Waals surface area (Å²) < 4.78 is 0. The van der Waals surface area contributed by atoms with Crippen LogP contribution < -0.4 is 0 Å². The molecule has 0 aromatic carbocycles. The van der Waals surface area contributed by atoms with E-state index in [0.29, 0.717) is 19.4 Å². The maximum absolute atomic E-state index is 11.4. The molecule has 0 aliphatic carbocycles. The lowest BCUT2D eigenvalue weighted by Crippen LogP contribution is -2.40. The van der Waals surface area contributed by atoms with Gasteiger partial charge in [-0.2, -0.15) is 0 Å². The van der Waals surface area contributed by atoms with Gasteiger partial charge in [-0.1, -0.05) is 22.4 Å². The summed E-state index contributed by atoms with van der Waals surface area (Å²) in [7, 11) is 0. The van der Waals surface area contributed by atoms with Gasteiger partial charge < -0.3 is 0 Å². The number of alkyl halides is 1. The third-order valence-electron chi connectivity index (χ3n) is 2.40. The van der Waals surface area contributed by atoms with Crippen molar-refractivity contribution in [3.05, 3.63) is 0 Å². The Kier molecular flexibility index (Phi) is 5.15. The summed E-state index contributed by atoms with van der Waals surface area (Å²) >= 11 is 3.35. The van der Waals surface area contributed by atoms with Crippen LogP contribution in [0.4, 0.5) is 0 Å². The number of hydrogen-bond acceptors (Lipinski definition) is 2. The van der Waals surface area contributed by atoms with Gasteiger partial charge in [0.15, 0.2) is 0 Å². The van der Waals surface area contributed by atoms with E-state index in [2.05, 4.69) is 15.9 Å². The molecule has 3 nitrogen and oxygen atoms in total. The Bertz CT molecular complexity index is 202. The lowest BCUT2D eigenvalue weighted by molar-refractivity contribution is -0.147. The van der Waals surface area contributed by atoms with Crippen molar-refractivity contribution in [1.82, 2.24) is 4.90 Å². The van der Waals surface area contributed by atoms with Crippen molar-refractivity contribution in [1.29, 1.82) is 0 Å². The van der Waals surface area contributed by atoms with Crippen LogP contribution in [0.3, 0.4) is 0 Å². The highest BCUT2D eigenvalue weighted by Crippen LogP contribution is 2.13. The Morgan fingerprint density at radius 2 is 1.71 bits per heavy atom. The fourth-order valence-electron chi connectivity index (χ4n) is 1.59. The molecule has 1 rings (SSSR count). The van der Waals surface area contributed by atoms with Gasteiger partial charge in [-0.05, 0) is 19.3 Å². The highest BCUT2D eigenvalue weighted by Gasteiger charge is 2.24. The molecule has 14 heavy (non-hydrogen) atoms. The van der Waals surface area contributed by atoms with Gasteiger partial charge in [0.25, 0.3) is 0 Å². The smallest absolute Gasteiger partial charge is 0.229 e. The molecule has 0 saturated carbocycles. The van der Waals surface area contributed by atoms with Crippen LogP contribution in [0.15, 0.2) is 0 Å². The highest BCUT2D eigenvalue weighted by atomic mass is 79.9. The summed E-state index contributed by atoms with van der Waals surface area (Å²) in [5.74, 6) is 0.0279. The van der Waals surface area contributed by atoms with E-state index in [1.165, 1.54) is 4.90 Å². The van der Waals surface area contributed by atoms with E-state index in [9.17, 15) is 9.59 Å². The second-order valence-corrected chi connectivity index (χ2v) is 4.34. The molecule has 0 unspecified atom stereocenters. The fraction of sp³-hybridized carbons (Fsp3) is 0.800. The number of piperidine rings is 1. The molecular weight excluding hydrogens is 246 g/mol. The zero-order valence-electron chi connectivity index (χ0n) is 8.30. The number of hydrogen-bond donors (Lipinski definition) is 0. The maximum atomic E-state index is 11.4. The monoisotopic (exact) mass is 261 g/mol. The van der Waals surface area contributed by atoms with Gasteiger partial charge >= 0.3 is 0 Å². The standard InChI is InChI=1S/C10H16BrNO2/c11-7-2-1-3-8-12-9(13)5-4-6-10(12)14/h1-8H2. The molecule has 2 amide bonds. The first kappa shape index (κ1) is 11.7. The molecular formula is C10H16BrNO2. The zero-order chi connectivity index (χ0) is 10.4. The summed E-state index contributed by atoms with van der Waals surface area (Å²) in [6, 6.07) is 0. The van der Waals surface area contributed by atoms with Crippen molar-refractivity contribution in [2.45, 2.75) is 38.5 Å². The van der Waals surface area contributed by atoms with Crippen LogP contribution in [0.1, 0.15) is 38.5 Å². The predicted octanol–water partition coefficient (Wildman–Crippen LogP) is 2.09. The van der Waals surface area contributed by atoms with E-state index in [4.69, 9.17) is 0 Å². The summed E-state index contributed by atoms with van der Waals surface area (Å²) in [4.78, 5) is 24.2. The average Bonchev–Trinajstić information content (AvgIpc) is 2.16. The number of carbonyl (C=O) groups excluding carboxylic acids is 2. The van der Waals surface area contributed by atoms with E-state index >= 15 is 0 Å². The summed E-state index contributed by atoms with van der Waals surface area (Å²) in [6.45, 7) is 0.616. The molecule has 0 atom stereocenters. The lowest BCUT2D eigenvalue weighted by atomic mass is 10.1. The van der Waals surface area contributed by atoms with Crippen LogP contribution in [-0.2, 0) is 9.59 Å². The van der Waals surface area contributed by atoms with Crippen LogP contribution in [0.25, 0.3) is 0 Å². The fourth-order valence-corrected chi connectivity index (χ4v) is 1.99. The molecule has 1 heterocycles. The Hall–Kier alpha value is -0.380. The topological polar surface area (TPSA) is 37.4 Å². The van der Waals surface area contributed by atoms with Gasteiger partial charge in [0.2, 0.25) is 11.8 Å². The molecule has 0 spiro atoms. The van der Waals surface area contributed by atoms with E-state index in [1.807, 2.05) is 0 Å². The maximum Gasteiger partial charge on any atom is 0.229 e. The first-order chi connectivity index (χ1) is 6.75. The highest BCUT2D eigenvalue weighted by molar-refractivity contribution is 9.09. The second kappa shape index (κ2) is 6.17. The number of halogens is 1. The number of imide groups is 1. The number of carbonyl (C=O) groups is 2. The van der Waals surface area contributed by atoms with Crippen molar-refractivity contribution in [2.75, 3.05) is 11.9 Å². The van der Waals surface area contributed by atoms with Crippen LogP contribution in [0, 0.1) is 0 Å². The van der Waals surface area contributed by atoms with Crippen LogP contribution in [0.5, 0.6) is 0 Å². The van der Waals surface area contributed by atoms with Crippen molar-refractivity contribution in [3.63, 3.8) is 0 Å². The normalized spacial score (nSPS) is 17.6. The number of likely N-dealkylation sites (tertiary alicyclic amines) is 1. The number of amides is 2. The van der Waals surface area contributed by atoms with E-state index in [1.54, 1.807) is 0 Å². The van der Waals surface area contributed by atoms with Gasteiger partial charge in [-0.3, -0.25) is 14.5 Å². The summed E-state index contributed by atoms with van der Waals surface area (Å²) in [5, 5.41) is 0.995. The molecule has 1 aliphatic rings. The van der Waals surface area contributed by atoms with E-state index in [0.717, 1.165) is 31.0 Å². The van der Waals surface area contributed by atoms with Crippen LogP contribution in [0.2, 0.25) is 0 Å². The van der Waals surface area contributed by atoms with E-state index < -0.39 is 0 Å². The lowest BCUT2D eigenvalue weighted by Gasteiger charge is -2.24. The quantitative estimate of drug-likeness (QED) is 0.432. The molecule has 1 saturated heterocycles. The van der Waals surface area contributed by atoms with Crippen molar-refractivity contribution >= 4 is 27.7 Å². The Morgan fingerprint density at radius 3 is 2.29 bits per heavy atom. The molecule has 0 aromatic heterocycles. The average molecular weight is 262 g/mol. The molecule has 0 bridgehead atoms. The van der Waals surface area contributed by atoms with Crippen LogP contribution in [-0.4, -0.2) is 28.6 Å². The molecule has 1 fully saturated rings. The molecule has 0 N–H and O–H groups in total. The largest absolute Gasteiger partial charge is 0.283 e. The first-order valence-electron chi connectivity index (χ1n) is 5.15. The number of rotatable bonds is 5. The first-order valence-corrected chi connectivity index (χ1v) is 6.27. The second-order valence-electron chi connectivity index (χ2n) is 3.54. The number of unbranched alkanes of at least 4 members (excludes halogenated alkanes) is 2. The molecule has 0 aromatic rings. The van der Waals surface area contributed by atoms with E-state index in [-0.39, 0.29) is 11.8 Å². The van der Waals surface area contributed by atoms with Gasteiger partial charge in [0, 0.05) is 24.7 Å².